The Hall–Kier alpha value is -1.99. The molecule has 2 rings (SSSR count). The maximum absolute atomic E-state index is 12.1. The standard InChI is InChI=1S/C16H18Cl2N2O5/c17-9-5-6-13(12(18)7-9)25-8-14(21)19-20-15(22)10-3-1-2-4-11(10)16(23)24/h5-7,10-11H,1-4,8H2,(H,19,21)(H,20,22)(H,23,24)/t10-,11-/m0/s1. The second-order valence-electron chi connectivity index (χ2n) is 5.74. The lowest BCUT2D eigenvalue weighted by molar-refractivity contribution is -0.149. The average molecular weight is 389 g/mol. The summed E-state index contributed by atoms with van der Waals surface area (Å²) in [5.41, 5.74) is 4.48. The van der Waals surface area contributed by atoms with Gasteiger partial charge in [0, 0.05) is 5.02 Å². The highest BCUT2D eigenvalue weighted by Crippen LogP contribution is 2.30. The summed E-state index contributed by atoms with van der Waals surface area (Å²) in [5, 5.41) is 9.88. The molecule has 0 spiro atoms. The van der Waals surface area contributed by atoms with Crippen molar-refractivity contribution in [1.82, 2.24) is 10.9 Å². The fraction of sp³-hybridized carbons (Fsp3) is 0.438. The molecule has 25 heavy (non-hydrogen) atoms. The lowest BCUT2D eigenvalue weighted by Crippen LogP contribution is -2.49. The number of aliphatic carboxylic acids is 1. The van der Waals surface area contributed by atoms with Crippen LogP contribution in [-0.4, -0.2) is 29.5 Å². The van der Waals surface area contributed by atoms with Crippen LogP contribution in [0.2, 0.25) is 10.0 Å². The van der Waals surface area contributed by atoms with Crippen LogP contribution < -0.4 is 15.6 Å². The van der Waals surface area contributed by atoms with Crippen molar-refractivity contribution >= 4 is 41.0 Å². The van der Waals surface area contributed by atoms with E-state index in [1.807, 2.05) is 0 Å². The molecule has 1 saturated carbocycles. The number of hydrazine groups is 1. The van der Waals surface area contributed by atoms with Crippen LogP contribution in [0, 0.1) is 11.8 Å². The van der Waals surface area contributed by atoms with Crippen LogP contribution in [0.3, 0.4) is 0 Å². The van der Waals surface area contributed by atoms with Gasteiger partial charge in [-0.25, -0.2) is 0 Å². The van der Waals surface area contributed by atoms with Gasteiger partial charge in [-0.1, -0.05) is 36.0 Å². The Bertz CT molecular complexity index is 668. The van der Waals surface area contributed by atoms with Gasteiger partial charge in [-0.2, -0.15) is 0 Å². The lowest BCUT2D eigenvalue weighted by atomic mass is 9.79. The van der Waals surface area contributed by atoms with Crippen LogP contribution in [0.25, 0.3) is 0 Å². The number of carbonyl (C=O) groups is 3. The summed E-state index contributed by atoms with van der Waals surface area (Å²) in [6.07, 6.45) is 2.51. The second kappa shape index (κ2) is 8.92. The highest BCUT2D eigenvalue weighted by atomic mass is 35.5. The van der Waals surface area contributed by atoms with Crippen LogP contribution in [0.5, 0.6) is 5.75 Å². The Morgan fingerprint density at radius 2 is 1.80 bits per heavy atom. The molecule has 0 radical (unpaired) electrons. The highest BCUT2D eigenvalue weighted by molar-refractivity contribution is 6.35. The molecular weight excluding hydrogens is 371 g/mol. The highest BCUT2D eigenvalue weighted by Gasteiger charge is 2.35. The van der Waals surface area contributed by atoms with Crippen LogP contribution in [-0.2, 0) is 14.4 Å². The quantitative estimate of drug-likeness (QED) is 0.671. The molecule has 7 nitrogen and oxygen atoms in total. The number of carbonyl (C=O) groups excluding carboxylic acids is 2. The van der Waals surface area contributed by atoms with Crippen molar-refractivity contribution in [2.45, 2.75) is 25.7 Å². The summed E-state index contributed by atoms with van der Waals surface area (Å²) in [6.45, 7) is -0.366. The van der Waals surface area contributed by atoms with E-state index in [0.717, 1.165) is 12.8 Å². The van der Waals surface area contributed by atoms with Crippen molar-refractivity contribution in [2.75, 3.05) is 6.61 Å². The van der Waals surface area contributed by atoms with Gasteiger partial charge in [0.2, 0.25) is 5.91 Å². The predicted molar refractivity (Wildman–Crippen MR) is 91.3 cm³/mol. The first-order chi connectivity index (χ1) is 11.9. The molecule has 136 valence electrons. The molecule has 3 N–H and O–H groups in total. The van der Waals surface area contributed by atoms with Crippen LogP contribution in [0.4, 0.5) is 0 Å². The normalized spacial score (nSPS) is 19.8. The van der Waals surface area contributed by atoms with Gasteiger partial charge in [0.1, 0.15) is 5.75 Å². The number of carboxylic acid groups (broad SMARTS) is 1. The number of amides is 2. The maximum atomic E-state index is 12.1. The number of ether oxygens (including phenoxy) is 1. The molecule has 2 atom stereocenters. The van der Waals surface area contributed by atoms with Crippen molar-refractivity contribution in [1.29, 1.82) is 0 Å². The maximum Gasteiger partial charge on any atom is 0.307 e. The Morgan fingerprint density at radius 3 is 2.44 bits per heavy atom. The summed E-state index contributed by atoms with van der Waals surface area (Å²) < 4.78 is 5.24. The number of rotatable bonds is 5. The minimum atomic E-state index is -0.994. The zero-order valence-electron chi connectivity index (χ0n) is 13.3. The molecule has 1 aliphatic carbocycles. The Kier molecular flexibility index (Phi) is 6.90. The molecule has 0 aromatic heterocycles. The summed E-state index contributed by atoms with van der Waals surface area (Å²) in [6, 6.07) is 4.57. The van der Waals surface area contributed by atoms with E-state index in [-0.39, 0.29) is 17.4 Å². The van der Waals surface area contributed by atoms with E-state index in [2.05, 4.69) is 10.9 Å². The van der Waals surface area contributed by atoms with Crippen molar-refractivity contribution in [3.63, 3.8) is 0 Å². The summed E-state index contributed by atoms with van der Waals surface area (Å²) in [5.74, 6) is -3.20. The SMILES string of the molecule is O=C(COc1ccc(Cl)cc1Cl)NNC(=O)[C@H]1CCCC[C@@H]1C(=O)O. The summed E-state index contributed by atoms with van der Waals surface area (Å²) in [4.78, 5) is 35.1. The largest absolute Gasteiger partial charge is 0.482 e. The third-order valence-electron chi connectivity index (χ3n) is 4.00. The molecule has 0 unspecified atom stereocenters. The van der Waals surface area contributed by atoms with E-state index in [9.17, 15) is 19.5 Å². The molecule has 1 aromatic carbocycles. The van der Waals surface area contributed by atoms with Crippen molar-refractivity contribution in [2.24, 2.45) is 11.8 Å². The molecule has 1 aromatic rings. The Balaban J connectivity index is 1.80. The fourth-order valence-electron chi connectivity index (χ4n) is 2.74. The molecule has 2 amide bonds. The van der Waals surface area contributed by atoms with E-state index >= 15 is 0 Å². The zero-order chi connectivity index (χ0) is 18.4. The molecule has 1 fully saturated rings. The minimum absolute atomic E-state index is 0.260. The summed E-state index contributed by atoms with van der Waals surface area (Å²) in [7, 11) is 0. The van der Waals surface area contributed by atoms with Gasteiger partial charge >= 0.3 is 5.97 Å². The molecule has 9 heteroatoms. The first-order valence-electron chi connectivity index (χ1n) is 7.78. The van der Waals surface area contributed by atoms with Gasteiger partial charge in [-0.15, -0.1) is 0 Å². The van der Waals surface area contributed by atoms with Gasteiger partial charge in [-0.05, 0) is 31.0 Å². The topological polar surface area (TPSA) is 105 Å². The number of hydrogen-bond donors (Lipinski definition) is 3. The number of nitrogens with one attached hydrogen (secondary N) is 2. The van der Waals surface area contributed by atoms with E-state index in [4.69, 9.17) is 27.9 Å². The number of hydrogen-bond acceptors (Lipinski definition) is 4. The average Bonchev–Trinajstić information content (AvgIpc) is 2.58. The third kappa shape index (κ3) is 5.51. The Labute approximate surface area is 154 Å². The van der Waals surface area contributed by atoms with Crippen LogP contribution in [0.15, 0.2) is 18.2 Å². The molecule has 0 aliphatic heterocycles. The lowest BCUT2D eigenvalue weighted by Gasteiger charge is -2.27. The third-order valence-corrected chi connectivity index (χ3v) is 4.53. The number of benzene rings is 1. The van der Waals surface area contributed by atoms with Gasteiger partial charge in [0.05, 0.1) is 16.9 Å². The monoisotopic (exact) mass is 388 g/mol. The zero-order valence-corrected chi connectivity index (χ0v) is 14.8. The van der Waals surface area contributed by atoms with Gasteiger partial charge in [0.25, 0.3) is 5.91 Å². The van der Waals surface area contributed by atoms with E-state index < -0.39 is 29.6 Å². The Morgan fingerprint density at radius 1 is 1.12 bits per heavy atom. The summed E-state index contributed by atoms with van der Waals surface area (Å²) >= 11 is 11.7. The van der Waals surface area contributed by atoms with E-state index in [0.29, 0.717) is 17.9 Å². The van der Waals surface area contributed by atoms with Gasteiger partial charge in [-0.3, -0.25) is 25.2 Å². The molecular formula is C16H18Cl2N2O5. The van der Waals surface area contributed by atoms with Crippen LogP contribution in [0.1, 0.15) is 25.7 Å². The molecule has 0 saturated heterocycles. The smallest absolute Gasteiger partial charge is 0.307 e. The van der Waals surface area contributed by atoms with Gasteiger partial charge in [0.15, 0.2) is 6.61 Å². The number of carboxylic acids is 1. The predicted octanol–water partition coefficient (Wildman–Crippen LogP) is 2.41. The van der Waals surface area contributed by atoms with Crippen molar-refractivity contribution in [3.05, 3.63) is 28.2 Å². The molecule has 0 heterocycles. The fourth-order valence-corrected chi connectivity index (χ4v) is 3.20. The second-order valence-corrected chi connectivity index (χ2v) is 6.58. The van der Waals surface area contributed by atoms with Crippen molar-refractivity contribution < 1.29 is 24.2 Å². The first kappa shape index (κ1) is 19.3. The van der Waals surface area contributed by atoms with Crippen molar-refractivity contribution in [3.8, 4) is 5.75 Å². The van der Waals surface area contributed by atoms with Gasteiger partial charge < -0.3 is 9.84 Å². The van der Waals surface area contributed by atoms with E-state index in [1.54, 1.807) is 6.07 Å². The number of halogens is 2. The van der Waals surface area contributed by atoms with Crippen LogP contribution >= 0.6 is 23.2 Å². The molecule has 0 bridgehead atoms. The first-order valence-corrected chi connectivity index (χ1v) is 8.53. The van der Waals surface area contributed by atoms with E-state index in [1.165, 1.54) is 12.1 Å². The minimum Gasteiger partial charge on any atom is -0.482 e. The molecule has 1 aliphatic rings.